The molecule has 1 N–H and O–H groups in total. The van der Waals surface area contributed by atoms with Gasteiger partial charge in [-0.25, -0.2) is 14.4 Å². The van der Waals surface area contributed by atoms with E-state index in [1.807, 2.05) is 19.3 Å². The number of likely N-dealkylation sites (tertiary alicyclic amines) is 1. The summed E-state index contributed by atoms with van der Waals surface area (Å²) in [5.74, 6) is 1.05. The third kappa shape index (κ3) is 5.64. The van der Waals surface area contributed by atoms with E-state index < -0.39 is 5.82 Å². The maximum absolute atomic E-state index is 13.7. The molecule has 1 aliphatic heterocycles. The lowest BCUT2D eigenvalue weighted by molar-refractivity contribution is -0.121. The van der Waals surface area contributed by atoms with Crippen LogP contribution in [0.2, 0.25) is 0 Å². The number of ether oxygens (including phenoxy) is 1. The molecule has 1 aromatic heterocycles. The maximum atomic E-state index is 13.7. The number of anilines is 1. The molecule has 0 bridgehead atoms. The third-order valence-electron chi connectivity index (χ3n) is 5.39. The van der Waals surface area contributed by atoms with Crippen molar-refractivity contribution in [3.05, 3.63) is 78.1 Å². The van der Waals surface area contributed by atoms with Gasteiger partial charge in [0.15, 0.2) is 11.6 Å². The zero-order valence-electron chi connectivity index (χ0n) is 17.4. The zero-order valence-corrected chi connectivity index (χ0v) is 17.4. The fourth-order valence-corrected chi connectivity index (χ4v) is 3.62. The molecule has 0 atom stereocenters. The lowest BCUT2D eigenvalue weighted by atomic mass is 9.95. The minimum absolute atomic E-state index is 0.0140. The Morgan fingerprint density at radius 2 is 1.77 bits per heavy atom. The molecular formula is C24H25FN4O2. The first kappa shape index (κ1) is 20.9. The average molecular weight is 420 g/mol. The first-order valence-electron chi connectivity index (χ1n) is 10.4. The number of piperidine rings is 1. The fourth-order valence-electron chi connectivity index (χ4n) is 3.62. The molecule has 0 spiro atoms. The lowest BCUT2D eigenvalue weighted by Gasteiger charge is -2.31. The van der Waals surface area contributed by atoms with Gasteiger partial charge in [0, 0.05) is 36.1 Å². The van der Waals surface area contributed by atoms with Gasteiger partial charge in [0.05, 0.1) is 0 Å². The number of aromatic nitrogens is 2. The van der Waals surface area contributed by atoms with Gasteiger partial charge >= 0.3 is 0 Å². The van der Waals surface area contributed by atoms with Crippen molar-refractivity contribution in [2.45, 2.75) is 26.3 Å². The van der Waals surface area contributed by atoms with Crippen LogP contribution in [0.25, 0.3) is 0 Å². The maximum Gasteiger partial charge on any atom is 0.227 e. The summed E-state index contributed by atoms with van der Waals surface area (Å²) in [6.07, 6.45) is 5.35. The number of halogens is 1. The van der Waals surface area contributed by atoms with Crippen molar-refractivity contribution in [3.8, 4) is 11.5 Å². The molecule has 3 aromatic rings. The molecule has 1 fully saturated rings. The summed E-state index contributed by atoms with van der Waals surface area (Å²) in [5, 5.41) is 2.98. The van der Waals surface area contributed by atoms with Crippen molar-refractivity contribution in [1.29, 1.82) is 0 Å². The van der Waals surface area contributed by atoms with E-state index >= 15 is 0 Å². The molecule has 7 heteroatoms. The summed E-state index contributed by atoms with van der Waals surface area (Å²) >= 11 is 0. The molecule has 0 unspecified atom stereocenters. The topological polar surface area (TPSA) is 67.4 Å². The average Bonchev–Trinajstić information content (AvgIpc) is 2.79. The van der Waals surface area contributed by atoms with Crippen molar-refractivity contribution >= 4 is 11.6 Å². The van der Waals surface area contributed by atoms with Crippen LogP contribution in [0, 0.1) is 18.7 Å². The SMILES string of the molecule is Cc1ncc(CN2CCC(C(=O)Nc3ccc(Oc4ccccc4F)cc3)CC2)cn1. The molecule has 2 heterocycles. The van der Waals surface area contributed by atoms with E-state index in [2.05, 4.69) is 20.2 Å². The number of nitrogens with zero attached hydrogens (tertiary/aromatic N) is 3. The minimum Gasteiger partial charge on any atom is -0.454 e. The van der Waals surface area contributed by atoms with Gasteiger partial charge in [0.25, 0.3) is 0 Å². The largest absolute Gasteiger partial charge is 0.454 e. The zero-order chi connectivity index (χ0) is 21.6. The number of para-hydroxylation sites is 1. The van der Waals surface area contributed by atoms with Crippen LogP contribution in [-0.4, -0.2) is 33.9 Å². The lowest BCUT2D eigenvalue weighted by Crippen LogP contribution is -2.37. The quantitative estimate of drug-likeness (QED) is 0.633. The van der Waals surface area contributed by atoms with Gasteiger partial charge in [-0.2, -0.15) is 0 Å². The molecule has 31 heavy (non-hydrogen) atoms. The van der Waals surface area contributed by atoms with Crippen LogP contribution in [-0.2, 0) is 11.3 Å². The second-order valence-electron chi connectivity index (χ2n) is 7.74. The van der Waals surface area contributed by atoms with Crippen molar-refractivity contribution in [3.63, 3.8) is 0 Å². The number of aryl methyl sites for hydroxylation is 1. The monoisotopic (exact) mass is 420 g/mol. The van der Waals surface area contributed by atoms with Crippen LogP contribution < -0.4 is 10.1 Å². The normalized spacial score (nSPS) is 14.9. The molecule has 0 saturated carbocycles. The van der Waals surface area contributed by atoms with Gasteiger partial charge in [-0.3, -0.25) is 9.69 Å². The van der Waals surface area contributed by atoms with E-state index in [4.69, 9.17) is 4.74 Å². The highest BCUT2D eigenvalue weighted by molar-refractivity contribution is 5.92. The molecule has 6 nitrogen and oxygen atoms in total. The van der Waals surface area contributed by atoms with Gasteiger partial charge in [0.1, 0.15) is 11.6 Å². The van der Waals surface area contributed by atoms with Gasteiger partial charge in [0.2, 0.25) is 5.91 Å². The fraction of sp³-hybridized carbons (Fsp3) is 0.292. The Morgan fingerprint density at radius 1 is 1.10 bits per heavy atom. The highest BCUT2D eigenvalue weighted by atomic mass is 19.1. The number of amides is 1. The predicted molar refractivity (Wildman–Crippen MR) is 116 cm³/mol. The summed E-state index contributed by atoms with van der Waals surface area (Å²) in [7, 11) is 0. The highest BCUT2D eigenvalue weighted by Gasteiger charge is 2.25. The van der Waals surface area contributed by atoms with Gasteiger partial charge in [-0.15, -0.1) is 0 Å². The van der Waals surface area contributed by atoms with Crippen LogP contribution in [0.15, 0.2) is 60.9 Å². The number of benzene rings is 2. The van der Waals surface area contributed by atoms with Crippen molar-refractivity contribution < 1.29 is 13.9 Å². The molecule has 1 aliphatic rings. The summed E-state index contributed by atoms with van der Waals surface area (Å²) in [6.45, 7) is 4.40. The predicted octanol–water partition coefficient (Wildman–Crippen LogP) is 4.57. The Labute approximate surface area is 181 Å². The molecule has 0 radical (unpaired) electrons. The number of carbonyl (C=O) groups is 1. The van der Waals surface area contributed by atoms with Gasteiger partial charge < -0.3 is 10.1 Å². The number of carbonyl (C=O) groups excluding carboxylic acids is 1. The standard InChI is InChI=1S/C24H25FN4O2/c1-17-26-14-18(15-27-17)16-29-12-10-19(11-13-29)24(30)28-20-6-8-21(9-7-20)31-23-5-3-2-4-22(23)25/h2-9,14-15,19H,10-13,16H2,1H3,(H,28,30). The second-order valence-corrected chi connectivity index (χ2v) is 7.74. The van der Waals surface area contributed by atoms with Crippen molar-refractivity contribution in [2.75, 3.05) is 18.4 Å². The summed E-state index contributed by atoms with van der Waals surface area (Å²) < 4.78 is 19.3. The second kappa shape index (κ2) is 9.66. The number of nitrogens with one attached hydrogen (secondary N) is 1. The first-order chi connectivity index (χ1) is 15.1. The van der Waals surface area contributed by atoms with Crippen LogP contribution in [0.4, 0.5) is 10.1 Å². The van der Waals surface area contributed by atoms with Gasteiger partial charge in [-0.05, 0) is 69.3 Å². The van der Waals surface area contributed by atoms with Crippen LogP contribution in [0.3, 0.4) is 0 Å². The molecule has 2 aromatic carbocycles. The Bertz CT molecular complexity index is 1020. The Morgan fingerprint density at radius 3 is 2.45 bits per heavy atom. The Hall–Kier alpha value is -3.32. The van der Waals surface area contributed by atoms with E-state index in [9.17, 15) is 9.18 Å². The van der Waals surface area contributed by atoms with Crippen molar-refractivity contribution in [2.24, 2.45) is 5.92 Å². The van der Waals surface area contributed by atoms with Crippen LogP contribution in [0.1, 0.15) is 24.2 Å². The summed E-state index contributed by atoms with van der Waals surface area (Å²) in [5.41, 5.74) is 1.79. The molecule has 1 amide bonds. The van der Waals surface area contributed by atoms with E-state index in [0.29, 0.717) is 11.4 Å². The molecular weight excluding hydrogens is 395 g/mol. The van der Waals surface area contributed by atoms with Gasteiger partial charge in [-0.1, -0.05) is 12.1 Å². The number of hydrogen-bond acceptors (Lipinski definition) is 5. The smallest absolute Gasteiger partial charge is 0.227 e. The minimum atomic E-state index is -0.416. The summed E-state index contributed by atoms with van der Waals surface area (Å²) in [4.78, 5) is 23.5. The van der Waals surface area contributed by atoms with E-state index in [1.165, 1.54) is 6.07 Å². The third-order valence-corrected chi connectivity index (χ3v) is 5.39. The van der Waals surface area contributed by atoms with Crippen LogP contribution in [0.5, 0.6) is 11.5 Å². The Kier molecular flexibility index (Phi) is 6.52. The first-order valence-corrected chi connectivity index (χ1v) is 10.4. The van der Waals surface area contributed by atoms with Crippen LogP contribution >= 0.6 is 0 Å². The van der Waals surface area contributed by atoms with E-state index in [0.717, 1.165) is 43.9 Å². The molecule has 0 aliphatic carbocycles. The molecule has 160 valence electrons. The molecule has 4 rings (SSSR count). The summed E-state index contributed by atoms with van der Waals surface area (Å²) in [6, 6.07) is 13.2. The highest BCUT2D eigenvalue weighted by Crippen LogP contribution is 2.26. The Balaban J connectivity index is 1.26. The van der Waals surface area contributed by atoms with E-state index in [1.54, 1.807) is 42.5 Å². The number of hydrogen-bond donors (Lipinski definition) is 1. The number of rotatable bonds is 6. The molecule has 1 saturated heterocycles. The van der Waals surface area contributed by atoms with E-state index in [-0.39, 0.29) is 17.6 Å². The van der Waals surface area contributed by atoms with Crippen molar-refractivity contribution in [1.82, 2.24) is 14.9 Å².